The van der Waals surface area contributed by atoms with Crippen LogP contribution < -0.4 is 5.32 Å². The van der Waals surface area contributed by atoms with Gasteiger partial charge in [0.2, 0.25) is 0 Å². The Balaban J connectivity index is 2.41. The molecule has 0 bridgehead atoms. The number of aliphatic hydroxyl groups is 1. The molecular weight excluding hydrogens is 243 g/mol. The second-order valence-electron chi connectivity index (χ2n) is 5.49. The first-order chi connectivity index (χ1) is 8.96. The molecule has 1 atom stereocenters. The molecule has 1 unspecified atom stereocenters. The lowest BCUT2D eigenvalue weighted by Gasteiger charge is -2.24. The Bertz CT molecular complexity index is 440. The molecule has 0 aliphatic rings. The molecule has 1 rings (SSSR count). The zero-order valence-corrected chi connectivity index (χ0v) is 11.5. The standard InChI is InChI=1S/C15H21FN2O/c1-15(2,8-5-9-17)11-18-10-14(19)12-6-3-4-7-13(12)16/h3-4,6-7,14,18-19H,5,8,10-11H2,1-2H3. The summed E-state index contributed by atoms with van der Waals surface area (Å²) in [7, 11) is 0. The monoisotopic (exact) mass is 264 g/mol. The van der Waals surface area contributed by atoms with Gasteiger partial charge in [0.25, 0.3) is 0 Å². The third kappa shape index (κ3) is 5.37. The third-order valence-electron chi connectivity index (χ3n) is 3.12. The minimum atomic E-state index is -0.854. The van der Waals surface area contributed by atoms with Gasteiger partial charge in [-0.1, -0.05) is 32.0 Å². The van der Waals surface area contributed by atoms with Gasteiger partial charge < -0.3 is 10.4 Å². The average molecular weight is 264 g/mol. The van der Waals surface area contributed by atoms with E-state index in [1.165, 1.54) is 6.07 Å². The minimum Gasteiger partial charge on any atom is -0.387 e. The molecule has 0 spiro atoms. The molecule has 0 aliphatic carbocycles. The zero-order chi connectivity index (χ0) is 14.3. The van der Waals surface area contributed by atoms with E-state index in [1.54, 1.807) is 18.2 Å². The molecule has 1 aromatic carbocycles. The minimum absolute atomic E-state index is 0.00924. The quantitative estimate of drug-likeness (QED) is 0.796. The van der Waals surface area contributed by atoms with Crippen molar-refractivity contribution in [2.24, 2.45) is 5.41 Å². The summed E-state index contributed by atoms with van der Waals surface area (Å²) >= 11 is 0. The van der Waals surface area contributed by atoms with Gasteiger partial charge in [0.1, 0.15) is 5.82 Å². The molecule has 4 heteroatoms. The molecule has 0 aromatic heterocycles. The van der Waals surface area contributed by atoms with Crippen LogP contribution in [0.2, 0.25) is 0 Å². The van der Waals surface area contributed by atoms with Gasteiger partial charge in [-0.25, -0.2) is 4.39 Å². The molecule has 0 saturated heterocycles. The Labute approximate surface area is 114 Å². The maximum absolute atomic E-state index is 13.4. The van der Waals surface area contributed by atoms with E-state index in [1.807, 2.05) is 0 Å². The average Bonchev–Trinajstić information content (AvgIpc) is 2.36. The molecule has 0 heterocycles. The van der Waals surface area contributed by atoms with E-state index in [-0.39, 0.29) is 11.2 Å². The molecule has 3 nitrogen and oxygen atoms in total. The lowest BCUT2D eigenvalue weighted by atomic mass is 9.88. The van der Waals surface area contributed by atoms with Crippen molar-refractivity contribution < 1.29 is 9.50 Å². The number of halogens is 1. The van der Waals surface area contributed by atoms with Crippen LogP contribution in [-0.2, 0) is 0 Å². The highest BCUT2D eigenvalue weighted by molar-refractivity contribution is 5.19. The normalized spacial score (nSPS) is 13.0. The van der Waals surface area contributed by atoms with Crippen LogP contribution in [0.1, 0.15) is 38.4 Å². The number of hydrogen-bond acceptors (Lipinski definition) is 3. The van der Waals surface area contributed by atoms with E-state index < -0.39 is 6.10 Å². The molecule has 0 fully saturated rings. The molecule has 1 aromatic rings. The molecule has 0 aliphatic heterocycles. The maximum atomic E-state index is 13.4. The first kappa shape index (κ1) is 15.6. The largest absolute Gasteiger partial charge is 0.387 e. The van der Waals surface area contributed by atoms with Gasteiger partial charge in [0.05, 0.1) is 12.2 Å². The van der Waals surface area contributed by atoms with Crippen molar-refractivity contribution in [3.8, 4) is 6.07 Å². The van der Waals surface area contributed by atoms with Gasteiger partial charge >= 0.3 is 0 Å². The first-order valence-corrected chi connectivity index (χ1v) is 6.46. The smallest absolute Gasteiger partial charge is 0.129 e. The van der Waals surface area contributed by atoms with Gasteiger partial charge in [-0.2, -0.15) is 5.26 Å². The van der Waals surface area contributed by atoms with Crippen molar-refractivity contribution in [2.75, 3.05) is 13.1 Å². The zero-order valence-electron chi connectivity index (χ0n) is 11.5. The molecule has 104 valence electrons. The van der Waals surface area contributed by atoms with Crippen molar-refractivity contribution in [3.63, 3.8) is 0 Å². The maximum Gasteiger partial charge on any atom is 0.129 e. The Morgan fingerprint density at radius 3 is 2.74 bits per heavy atom. The Hall–Kier alpha value is -1.44. The number of nitrogens with one attached hydrogen (secondary N) is 1. The van der Waals surface area contributed by atoms with Crippen molar-refractivity contribution in [2.45, 2.75) is 32.8 Å². The molecule has 0 amide bonds. The Morgan fingerprint density at radius 1 is 1.42 bits per heavy atom. The lowest BCUT2D eigenvalue weighted by molar-refractivity contribution is 0.163. The van der Waals surface area contributed by atoms with Gasteiger partial charge in [0.15, 0.2) is 0 Å². The number of rotatable bonds is 7. The van der Waals surface area contributed by atoms with E-state index in [0.717, 1.165) is 6.42 Å². The lowest BCUT2D eigenvalue weighted by Crippen LogP contribution is -2.32. The van der Waals surface area contributed by atoms with Gasteiger partial charge in [-0.3, -0.25) is 0 Å². The van der Waals surface area contributed by atoms with E-state index >= 15 is 0 Å². The summed E-state index contributed by atoms with van der Waals surface area (Å²) in [6, 6.07) is 8.37. The van der Waals surface area contributed by atoms with Crippen LogP contribution in [0.25, 0.3) is 0 Å². The van der Waals surface area contributed by atoms with Crippen LogP contribution in [0.15, 0.2) is 24.3 Å². The van der Waals surface area contributed by atoms with Gasteiger partial charge in [-0.05, 0) is 17.9 Å². The van der Waals surface area contributed by atoms with Crippen molar-refractivity contribution in [1.29, 1.82) is 5.26 Å². The van der Waals surface area contributed by atoms with Crippen LogP contribution in [0, 0.1) is 22.6 Å². The van der Waals surface area contributed by atoms with Crippen LogP contribution >= 0.6 is 0 Å². The predicted octanol–water partition coefficient (Wildman–Crippen LogP) is 2.78. The van der Waals surface area contributed by atoms with Crippen molar-refractivity contribution >= 4 is 0 Å². The molecule has 0 radical (unpaired) electrons. The third-order valence-corrected chi connectivity index (χ3v) is 3.12. The fourth-order valence-electron chi connectivity index (χ4n) is 1.89. The number of nitriles is 1. The number of aliphatic hydroxyl groups excluding tert-OH is 1. The van der Waals surface area contributed by atoms with Crippen LogP contribution in [0.5, 0.6) is 0 Å². The first-order valence-electron chi connectivity index (χ1n) is 6.46. The molecule has 2 N–H and O–H groups in total. The van der Waals surface area contributed by atoms with Crippen molar-refractivity contribution in [3.05, 3.63) is 35.6 Å². The van der Waals surface area contributed by atoms with Crippen LogP contribution in [0.4, 0.5) is 4.39 Å². The van der Waals surface area contributed by atoms with Crippen LogP contribution in [0.3, 0.4) is 0 Å². The predicted molar refractivity (Wildman–Crippen MR) is 72.9 cm³/mol. The van der Waals surface area contributed by atoms with E-state index in [9.17, 15) is 9.50 Å². The Morgan fingerprint density at radius 2 is 2.11 bits per heavy atom. The van der Waals surface area contributed by atoms with E-state index in [2.05, 4.69) is 25.2 Å². The van der Waals surface area contributed by atoms with Gasteiger partial charge in [-0.15, -0.1) is 0 Å². The summed E-state index contributed by atoms with van der Waals surface area (Å²) in [4.78, 5) is 0. The number of nitrogens with zero attached hydrogens (tertiary/aromatic N) is 1. The Kier molecular flexibility index (Phi) is 5.94. The van der Waals surface area contributed by atoms with Crippen molar-refractivity contribution in [1.82, 2.24) is 5.32 Å². The number of hydrogen-bond donors (Lipinski definition) is 2. The second kappa shape index (κ2) is 7.22. The highest BCUT2D eigenvalue weighted by atomic mass is 19.1. The fraction of sp³-hybridized carbons (Fsp3) is 0.533. The highest BCUT2D eigenvalue weighted by Gasteiger charge is 2.18. The number of benzene rings is 1. The highest BCUT2D eigenvalue weighted by Crippen LogP contribution is 2.21. The summed E-state index contributed by atoms with van der Waals surface area (Å²) in [5.74, 6) is -0.388. The second-order valence-corrected chi connectivity index (χ2v) is 5.49. The molecule has 19 heavy (non-hydrogen) atoms. The SMILES string of the molecule is CC(C)(CCC#N)CNCC(O)c1ccccc1F. The van der Waals surface area contributed by atoms with E-state index in [0.29, 0.717) is 25.1 Å². The van der Waals surface area contributed by atoms with E-state index in [4.69, 9.17) is 5.26 Å². The fourth-order valence-corrected chi connectivity index (χ4v) is 1.89. The molecular formula is C15H21FN2O. The molecule has 0 saturated carbocycles. The van der Waals surface area contributed by atoms with Crippen LogP contribution in [-0.4, -0.2) is 18.2 Å². The topological polar surface area (TPSA) is 56.0 Å². The summed E-state index contributed by atoms with van der Waals surface area (Å²) in [6.07, 6.45) is 0.463. The van der Waals surface area contributed by atoms with Gasteiger partial charge in [0, 0.05) is 25.1 Å². The summed E-state index contributed by atoms with van der Waals surface area (Å²) < 4.78 is 13.4. The summed E-state index contributed by atoms with van der Waals surface area (Å²) in [6.45, 7) is 5.11. The summed E-state index contributed by atoms with van der Waals surface area (Å²) in [5, 5.41) is 21.6. The summed E-state index contributed by atoms with van der Waals surface area (Å²) in [5.41, 5.74) is 0.301.